The molecule has 0 unspecified atom stereocenters. The first-order chi connectivity index (χ1) is 12.4. The van der Waals surface area contributed by atoms with Gasteiger partial charge >= 0.3 is 30.0 Å². The molecule has 0 bridgehead atoms. The lowest BCUT2D eigenvalue weighted by molar-refractivity contribution is -0.392. The van der Waals surface area contributed by atoms with Crippen molar-refractivity contribution in [2.75, 3.05) is 18.6 Å². The van der Waals surface area contributed by atoms with Crippen molar-refractivity contribution in [3.63, 3.8) is 0 Å². The van der Waals surface area contributed by atoms with E-state index in [-0.39, 0.29) is 5.69 Å². The van der Waals surface area contributed by atoms with Crippen LogP contribution in [0.1, 0.15) is 0 Å². The zero-order valence-electron chi connectivity index (χ0n) is 13.3. The lowest BCUT2D eigenvalue weighted by atomic mass is 10.0. The number of methoxy groups -OCH3 is 1. The summed E-state index contributed by atoms with van der Waals surface area (Å²) in [7, 11) is 0.891. The minimum Gasteiger partial charge on any atom is -0.493 e. The Morgan fingerprint density at radius 2 is 1.21 bits per heavy atom. The Labute approximate surface area is 148 Å². The van der Waals surface area contributed by atoms with Crippen LogP contribution in [0.2, 0.25) is 0 Å². The third kappa shape index (κ3) is 3.69. The summed E-state index contributed by atoms with van der Waals surface area (Å²) in [5.41, 5.74) is 9.95. The molecule has 0 aromatic heterocycles. The number of nitrogens with two attached hydrogens (primary N) is 2. The molecule has 4 nitrogen and oxygen atoms in total. The third-order valence-corrected chi connectivity index (χ3v) is 3.16. The quantitative estimate of drug-likeness (QED) is 0.383. The molecular weight excluding hydrogens is 425 g/mol. The number of ether oxygens (including phenoxy) is 2. The van der Waals surface area contributed by atoms with Crippen LogP contribution in [0.3, 0.4) is 0 Å². The summed E-state index contributed by atoms with van der Waals surface area (Å²) in [6.45, 7) is 0. The number of hydrogen-bond donors (Lipinski definition) is 2. The summed E-state index contributed by atoms with van der Waals surface area (Å²) in [6.07, 6.45) is -7.20. The average molecular weight is 434 g/mol. The molecule has 0 aliphatic rings. The maximum atomic E-state index is 13.6. The van der Waals surface area contributed by atoms with Crippen molar-refractivity contribution in [1.29, 1.82) is 0 Å². The number of hydrogen-bond acceptors (Lipinski definition) is 4. The highest BCUT2D eigenvalue weighted by atomic mass is 19.4. The number of rotatable bonds is 6. The van der Waals surface area contributed by atoms with E-state index < -0.39 is 53.0 Å². The Balaban J connectivity index is 3.43. The lowest BCUT2D eigenvalue weighted by Gasteiger charge is -2.32. The number of allylic oxidation sites excluding steroid dienone is 1. The van der Waals surface area contributed by atoms with Crippen molar-refractivity contribution < 1.29 is 57.8 Å². The van der Waals surface area contributed by atoms with Gasteiger partial charge in [0.25, 0.3) is 0 Å². The van der Waals surface area contributed by atoms with Crippen LogP contribution >= 0.6 is 0 Å². The topological polar surface area (TPSA) is 70.5 Å². The Morgan fingerprint density at radius 3 is 1.61 bits per heavy atom. The van der Waals surface area contributed by atoms with E-state index in [1.807, 2.05) is 0 Å². The Morgan fingerprint density at radius 1 is 0.786 bits per heavy atom. The van der Waals surface area contributed by atoms with E-state index in [0.717, 1.165) is 13.2 Å². The first-order valence-electron chi connectivity index (χ1n) is 6.58. The average Bonchev–Trinajstić information content (AvgIpc) is 2.55. The number of halogens is 11. The van der Waals surface area contributed by atoms with Gasteiger partial charge in [-0.25, -0.2) is 0 Å². The Bertz CT molecular complexity index is 774. The van der Waals surface area contributed by atoms with Crippen molar-refractivity contribution in [1.82, 2.24) is 0 Å². The van der Waals surface area contributed by atoms with Crippen molar-refractivity contribution in [3.05, 3.63) is 24.0 Å². The molecule has 0 fully saturated rings. The molecule has 1 aromatic rings. The summed E-state index contributed by atoms with van der Waals surface area (Å²) in [5, 5.41) is 0. The highest BCUT2D eigenvalue weighted by Gasteiger charge is 2.83. The van der Waals surface area contributed by atoms with Gasteiger partial charge in [0.1, 0.15) is 0 Å². The molecule has 0 radical (unpaired) electrons. The molecule has 0 amide bonds. The second kappa shape index (κ2) is 7.09. The van der Waals surface area contributed by atoms with Gasteiger partial charge in [0.2, 0.25) is 5.83 Å². The first-order valence-corrected chi connectivity index (χ1v) is 6.58. The molecule has 1 rings (SSSR count). The van der Waals surface area contributed by atoms with Crippen molar-refractivity contribution >= 4 is 11.4 Å². The fraction of sp³-hybridized carbons (Fsp3) is 0.385. The number of anilines is 2. The fourth-order valence-corrected chi connectivity index (χ4v) is 1.61. The van der Waals surface area contributed by atoms with Crippen molar-refractivity contribution in [2.24, 2.45) is 0 Å². The van der Waals surface area contributed by atoms with Gasteiger partial charge in [-0.15, -0.1) is 0 Å². The van der Waals surface area contributed by atoms with E-state index in [1.54, 1.807) is 0 Å². The molecule has 160 valence electrons. The van der Waals surface area contributed by atoms with Gasteiger partial charge in [0.15, 0.2) is 11.5 Å². The summed E-state index contributed by atoms with van der Waals surface area (Å²) in [4.78, 5) is 0. The zero-order chi connectivity index (χ0) is 22.3. The second-order valence-electron chi connectivity index (χ2n) is 5.04. The normalized spacial score (nSPS) is 14.6. The molecule has 0 saturated carbocycles. The predicted octanol–water partition coefficient (Wildman–Crippen LogP) is 4.81. The van der Waals surface area contributed by atoms with E-state index in [1.165, 1.54) is 0 Å². The van der Waals surface area contributed by atoms with E-state index in [2.05, 4.69) is 9.47 Å². The minimum absolute atomic E-state index is 0.226. The van der Waals surface area contributed by atoms with E-state index in [4.69, 9.17) is 11.5 Å². The number of alkyl halides is 9. The summed E-state index contributed by atoms with van der Waals surface area (Å²) >= 11 is 0. The largest absolute Gasteiger partial charge is 0.493 e. The van der Waals surface area contributed by atoms with E-state index in [0.29, 0.717) is 6.07 Å². The van der Waals surface area contributed by atoms with Gasteiger partial charge in [-0.05, 0) is 0 Å². The Kier molecular flexibility index (Phi) is 5.93. The van der Waals surface area contributed by atoms with Gasteiger partial charge in [0.05, 0.1) is 18.5 Å². The van der Waals surface area contributed by atoms with Crippen LogP contribution in [0.25, 0.3) is 0 Å². The van der Waals surface area contributed by atoms with Crippen LogP contribution < -0.4 is 20.9 Å². The molecule has 0 heterocycles. The summed E-state index contributed by atoms with van der Waals surface area (Å²) < 4.78 is 150. The van der Waals surface area contributed by atoms with Crippen molar-refractivity contribution in [3.8, 4) is 11.5 Å². The fourth-order valence-electron chi connectivity index (χ4n) is 1.61. The van der Waals surface area contributed by atoms with Crippen molar-refractivity contribution in [2.45, 2.75) is 23.9 Å². The number of benzene rings is 1. The predicted molar refractivity (Wildman–Crippen MR) is 72.6 cm³/mol. The highest BCUT2D eigenvalue weighted by molar-refractivity contribution is 5.69. The van der Waals surface area contributed by atoms with Crippen LogP contribution in [0.15, 0.2) is 24.0 Å². The van der Waals surface area contributed by atoms with Gasteiger partial charge in [-0.1, -0.05) is 0 Å². The van der Waals surface area contributed by atoms with Crippen LogP contribution in [0.5, 0.6) is 11.5 Å². The van der Waals surface area contributed by atoms with Crippen LogP contribution in [0, 0.1) is 0 Å². The van der Waals surface area contributed by atoms with Crippen LogP contribution in [-0.4, -0.2) is 31.1 Å². The van der Waals surface area contributed by atoms with Gasteiger partial charge in [-0.3, -0.25) is 0 Å². The molecule has 28 heavy (non-hydrogen) atoms. The minimum atomic E-state index is -7.41. The zero-order valence-corrected chi connectivity index (χ0v) is 13.3. The molecule has 4 N–H and O–H groups in total. The maximum Gasteiger partial charge on any atom is 0.460 e. The smallest absolute Gasteiger partial charge is 0.460 e. The second-order valence-corrected chi connectivity index (χ2v) is 5.04. The standard InChI is InChI=1S/C13H9F11N2O2/c1-27-6-2-4(25)5(26)3-7(6)28-9(15)8(14)10(16,17)11(18,19)12(20,21)13(22,23)24/h2-3H,25-26H2,1H3. The van der Waals surface area contributed by atoms with Crippen LogP contribution in [-0.2, 0) is 0 Å². The molecular formula is C13H9F11N2O2. The molecule has 15 heteroatoms. The monoisotopic (exact) mass is 434 g/mol. The highest BCUT2D eigenvalue weighted by Crippen LogP contribution is 2.56. The molecule has 0 atom stereocenters. The lowest BCUT2D eigenvalue weighted by Crippen LogP contribution is -2.61. The third-order valence-electron chi connectivity index (χ3n) is 3.16. The SMILES string of the molecule is COc1cc(N)c(N)cc1OC(F)=C(F)C(F)(F)C(F)(F)C(F)(F)C(F)(F)F. The summed E-state index contributed by atoms with van der Waals surface area (Å²) in [5.74, 6) is -27.4. The van der Waals surface area contributed by atoms with E-state index in [9.17, 15) is 48.3 Å². The molecule has 1 aromatic carbocycles. The summed E-state index contributed by atoms with van der Waals surface area (Å²) in [6, 6.07) is -1.88. The van der Waals surface area contributed by atoms with E-state index >= 15 is 0 Å². The molecule has 0 aliphatic carbocycles. The van der Waals surface area contributed by atoms with Gasteiger partial charge in [-0.2, -0.15) is 48.3 Å². The van der Waals surface area contributed by atoms with Crippen LogP contribution in [0.4, 0.5) is 59.7 Å². The van der Waals surface area contributed by atoms with Gasteiger partial charge < -0.3 is 20.9 Å². The van der Waals surface area contributed by atoms with Gasteiger partial charge in [0, 0.05) is 12.1 Å². The first kappa shape index (κ1) is 23.4. The molecule has 0 spiro atoms. The molecule has 0 saturated heterocycles. The Hall–Kier alpha value is -2.61. The maximum absolute atomic E-state index is 13.6. The number of nitrogen functional groups attached to an aromatic ring is 2. The molecule has 0 aliphatic heterocycles.